The summed E-state index contributed by atoms with van der Waals surface area (Å²) in [5, 5.41) is 13.4. The van der Waals surface area contributed by atoms with Gasteiger partial charge in [0.2, 0.25) is 0 Å². The lowest BCUT2D eigenvalue weighted by molar-refractivity contribution is 0.0366. The molecule has 0 aliphatic carbocycles. The van der Waals surface area contributed by atoms with E-state index in [1.54, 1.807) is 20.4 Å². The molecule has 104 valence electrons. The molecule has 5 heteroatoms. The minimum Gasteiger partial charge on any atom is -0.382 e. The van der Waals surface area contributed by atoms with Crippen molar-refractivity contribution in [2.24, 2.45) is 0 Å². The van der Waals surface area contributed by atoms with Crippen LogP contribution in [0.15, 0.2) is 30.5 Å². The van der Waals surface area contributed by atoms with Crippen LogP contribution in [-0.4, -0.2) is 38.5 Å². The highest BCUT2D eigenvalue weighted by Crippen LogP contribution is 2.25. The molecular formula is C15H17N3O2. The van der Waals surface area contributed by atoms with E-state index < -0.39 is 0 Å². The Bertz CT molecular complexity index is 622. The third-order valence-electron chi connectivity index (χ3n) is 3.09. The Kier molecular flexibility index (Phi) is 4.88. The van der Waals surface area contributed by atoms with E-state index in [4.69, 9.17) is 9.47 Å². The van der Waals surface area contributed by atoms with Crippen LogP contribution in [-0.2, 0) is 9.47 Å². The first kappa shape index (κ1) is 14.3. The largest absolute Gasteiger partial charge is 0.382 e. The summed E-state index contributed by atoms with van der Waals surface area (Å²) in [5.41, 5.74) is 2.17. The van der Waals surface area contributed by atoms with E-state index in [-0.39, 0.29) is 6.10 Å². The molecule has 1 aromatic heterocycles. The van der Waals surface area contributed by atoms with Crippen molar-refractivity contribution < 1.29 is 9.47 Å². The standard InChI is InChI=1S/C15H17N3O2/c1-19-10-12(20-2)9-18-15-11(7-16)8-17-14-6-4-3-5-13(14)15/h3-6,8,12H,9-10H2,1-2H3,(H,17,18). The van der Waals surface area contributed by atoms with Crippen molar-refractivity contribution in [3.63, 3.8) is 0 Å². The first-order valence-corrected chi connectivity index (χ1v) is 6.33. The maximum atomic E-state index is 9.22. The fourth-order valence-electron chi connectivity index (χ4n) is 2.03. The highest BCUT2D eigenvalue weighted by atomic mass is 16.5. The minimum atomic E-state index is -0.0709. The summed E-state index contributed by atoms with van der Waals surface area (Å²) < 4.78 is 10.4. The van der Waals surface area contributed by atoms with Gasteiger partial charge in [0.15, 0.2) is 0 Å². The Morgan fingerprint density at radius 3 is 2.85 bits per heavy atom. The molecule has 0 saturated carbocycles. The number of nitrogens with zero attached hydrogens (tertiary/aromatic N) is 2. The second-order valence-corrected chi connectivity index (χ2v) is 4.37. The van der Waals surface area contributed by atoms with Gasteiger partial charge in [-0.05, 0) is 6.07 Å². The number of ether oxygens (including phenoxy) is 2. The maximum Gasteiger partial charge on any atom is 0.103 e. The fourth-order valence-corrected chi connectivity index (χ4v) is 2.03. The van der Waals surface area contributed by atoms with Gasteiger partial charge in [0, 0.05) is 32.3 Å². The zero-order valence-corrected chi connectivity index (χ0v) is 11.6. The first-order chi connectivity index (χ1) is 9.80. The van der Waals surface area contributed by atoms with Crippen molar-refractivity contribution in [3.05, 3.63) is 36.0 Å². The highest BCUT2D eigenvalue weighted by Gasteiger charge is 2.11. The van der Waals surface area contributed by atoms with Crippen molar-refractivity contribution in [2.75, 3.05) is 32.7 Å². The van der Waals surface area contributed by atoms with Gasteiger partial charge in [0.1, 0.15) is 6.07 Å². The molecule has 0 saturated heterocycles. The van der Waals surface area contributed by atoms with Crippen LogP contribution >= 0.6 is 0 Å². The van der Waals surface area contributed by atoms with Gasteiger partial charge < -0.3 is 14.8 Å². The average Bonchev–Trinajstić information content (AvgIpc) is 2.51. The number of hydrogen-bond donors (Lipinski definition) is 1. The van der Waals surface area contributed by atoms with Crippen LogP contribution in [0.5, 0.6) is 0 Å². The van der Waals surface area contributed by atoms with Crippen molar-refractivity contribution in [1.82, 2.24) is 4.98 Å². The van der Waals surface area contributed by atoms with E-state index in [0.29, 0.717) is 18.7 Å². The normalized spacial score (nSPS) is 12.1. The number of nitrogens with one attached hydrogen (secondary N) is 1. The number of fused-ring (bicyclic) bond motifs is 1. The number of para-hydroxylation sites is 1. The van der Waals surface area contributed by atoms with E-state index in [0.717, 1.165) is 16.6 Å². The highest BCUT2D eigenvalue weighted by molar-refractivity contribution is 5.93. The maximum absolute atomic E-state index is 9.22. The molecule has 1 N–H and O–H groups in total. The lowest BCUT2D eigenvalue weighted by Crippen LogP contribution is -2.27. The molecule has 5 nitrogen and oxygen atoms in total. The molecule has 0 fully saturated rings. The number of benzene rings is 1. The van der Waals surface area contributed by atoms with Crippen LogP contribution in [0.1, 0.15) is 5.56 Å². The van der Waals surface area contributed by atoms with Gasteiger partial charge in [-0.25, -0.2) is 0 Å². The van der Waals surface area contributed by atoms with Crippen LogP contribution in [0.3, 0.4) is 0 Å². The molecule has 1 heterocycles. The molecule has 0 bridgehead atoms. The molecule has 2 rings (SSSR count). The Hall–Kier alpha value is -2.16. The Morgan fingerprint density at radius 2 is 2.15 bits per heavy atom. The van der Waals surface area contributed by atoms with E-state index in [9.17, 15) is 5.26 Å². The summed E-state index contributed by atoms with van der Waals surface area (Å²) in [4.78, 5) is 4.28. The SMILES string of the molecule is COCC(CNc1c(C#N)cnc2ccccc12)OC. The quantitative estimate of drug-likeness (QED) is 0.872. The topological polar surface area (TPSA) is 67.2 Å². The molecule has 1 aromatic carbocycles. The molecular weight excluding hydrogens is 254 g/mol. The molecule has 20 heavy (non-hydrogen) atoms. The second-order valence-electron chi connectivity index (χ2n) is 4.37. The summed E-state index contributed by atoms with van der Waals surface area (Å²) in [6.07, 6.45) is 1.52. The number of rotatable bonds is 6. The van der Waals surface area contributed by atoms with E-state index in [1.165, 1.54) is 0 Å². The minimum absolute atomic E-state index is 0.0709. The number of anilines is 1. The van der Waals surface area contributed by atoms with Gasteiger partial charge in [-0.2, -0.15) is 5.26 Å². The first-order valence-electron chi connectivity index (χ1n) is 6.33. The zero-order valence-electron chi connectivity index (χ0n) is 11.6. The number of nitriles is 1. The van der Waals surface area contributed by atoms with Crippen molar-refractivity contribution in [3.8, 4) is 6.07 Å². The van der Waals surface area contributed by atoms with Gasteiger partial charge in [0.05, 0.1) is 29.5 Å². The lowest BCUT2D eigenvalue weighted by atomic mass is 10.1. The van der Waals surface area contributed by atoms with Crippen molar-refractivity contribution in [1.29, 1.82) is 5.26 Å². The molecule has 1 unspecified atom stereocenters. The summed E-state index contributed by atoms with van der Waals surface area (Å²) in [7, 11) is 3.27. The van der Waals surface area contributed by atoms with Crippen LogP contribution in [0.2, 0.25) is 0 Å². The smallest absolute Gasteiger partial charge is 0.103 e. The summed E-state index contributed by atoms with van der Waals surface area (Å²) in [6, 6.07) is 9.89. The monoisotopic (exact) mass is 271 g/mol. The Labute approximate surface area is 118 Å². The second kappa shape index (κ2) is 6.85. The Morgan fingerprint density at radius 1 is 1.35 bits per heavy atom. The molecule has 0 amide bonds. The van der Waals surface area contributed by atoms with E-state index >= 15 is 0 Å². The number of hydrogen-bond acceptors (Lipinski definition) is 5. The summed E-state index contributed by atoms with van der Waals surface area (Å²) >= 11 is 0. The lowest BCUT2D eigenvalue weighted by Gasteiger charge is -2.17. The predicted molar refractivity (Wildman–Crippen MR) is 77.6 cm³/mol. The van der Waals surface area contributed by atoms with Crippen molar-refractivity contribution in [2.45, 2.75) is 6.10 Å². The van der Waals surface area contributed by atoms with Gasteiger partial charge in [0.25, 0.3) is 0 Å². The molecule has 0 aliphatic rings. The van der Waals surface area contributed by atoms with E-state index in [2.05, 4.69) is 16.4 Å². The number of pyridine rings is 1. The summed E-state index contributed by atoms with van der Waals surface area (Å²) in [5.74, 6) is 0. The van der Waals surface area contributed by atoms with Crippen LogP contribution in [0, 0.1) is 11.3 Å². The molecule has 0 radical (unpaired) electrons. The molecule has 1 atom stereocenters. The third-order valence-corrected chi connectivity index (χ3v) is 3.09. The molecule has 0 spiro atoms. The van der Waals surface area contributed by atoms with Crippen LogP contribution < -0.4 is 5.32 Å². The van der Waals surface area contributed by atoms with Gasteiger partial charge >= 0.3 is 0 Å². The van der Waals surface area contributed by atoms with Gasteiger partial charge in [-0.15, -0.1) is 0 Å². The molecule has 2 aromatic rings. The average molecular weight is 271 g/mol. The van der Waals surface area contributed by atoms with E-state index in [1.807, 2.05) is 24.3 Å². The fraction of sp³-hybridized carbons (Fsp3) is 0.333. The third kappa shape index (κ3) is 3.05. The van der Waals surface area contributed by atoms with Crippen LogP contribution in [0.4, 0.5) is 5.69 Å². The summed E-state index contributed by atoms with van der Waals surface area (Å²) in [6.45, 7) is 1.06. The number of aromatic nitrogens is 1. The van der Waals surface area contributed by atoms with Gasteiger partial charge in [-0.3, -0.25) is 4.98 Å². The predicted octanol–water partition coefficient (Wildman–Crippen LogP) is 2.18. The number of methoxy groups -OCH3 is 2. The van der Waals surface area contributed by atoms with Crippen LogP contribution in [0.25, 0.3) is 10.9 Å². The zero-order chi connectivity index (χ0) is 14.4. The van der Waals surface area contributed by atoms with Crippen molar-refractivity contribution >= 4 is 16.6 Å². The van der Waals surface area contributed by atoms with Gasteiger partial charge in [-0.1, -0.05) is 18.2 Å². The molecule has 0 aliphatic heterocycles. The Balaban J connectivity index is 2.30.